The molecule has 0 N–H and O–H groups in total. The molecule has 156 valence electrons. The Balaban J connectivity index is 1.97. The van der Waals surface area contributed by atoms with Crippen LogP contribution in [0.2, 0.25) is 0 Å². The zero-order valence-corrected chi connectivity index (χ0v) is 18.9. The van der Waals surface area contributed by atoms with Crippen molar-refractivity contribution in [3.63, 3.8) is 0 Å². The van der Waals surface area contributed by atoms with E-state index in [1.165, 1.54) is 5.56 Å². The minimum Gasteiger partial charge on any atom is -0.302 e. The Hall–Kier alpha value is -2.25. The van der Waals surface area contributed by atoms with E-state index in [9.17, 15) is 4.79 Å². The van der Waals surface area contributed by atoms with E-state index in [1.807, 2.05) is 10.9 Å². The summed E-state index contributed by atoms with van der Waals surface area (Å²) in [4.78, 5) is 22.4. The van der Waals surface area contributed by atoms with Gasteiger partial charge in [0.2, 0.25) is 0 Å². The average Bonchev–Trinajstić information content (AvgIpc) is 3.38. The van der Waals surface area contributed by atoms with E-state index in [-0.39, 0.29) is 11.9 Å². The molecule has 0 bridgehead atoms. The molecule has 0 aliphatic heterocycles. The van der Waals surface area contributed by atoms with Crippen molar-refractivity contribution in [2.75, 3.05) is 31.1 Å². The zero-order valence-electron chi connectivity index (χ0n) is 18.1. The highest BCUT2D eigenvalue weighted by Crippen LogP contribution is 2.31. The third kappa shape index (κ3) is 4.67. The normalized spacial score (nSPS) is 11.7. The molecule has 2 aromatic heterocycles. The van der Waals surface area contributed by atoms with E-state index >= 15 is 0 Å². The first-order valence-electron chi connectivity index (χ1n) is 10.5. The Morgan fingerprint density at radius 2 is 1.90 bits per heavy atom. The number of anilines is 1. The summed E-state index contributed by atoms with van der Waals surface area (Å²) in [5.74, 6) is -0.0892. The van der Waals surface area contributed by atoms with Gasteiger partial charge in [-0.05, 0) is 51.1 Å². The van der Waals surface area contributed by atoms with E-state index in [0.717, 1.165) is 41.4 Å². The molecule has 0 saturated carbocycles. The smallest absolute Gasteiger partial charge is 0.280 e. The summed E-state index contributed by atoms with van der Waals surface area (Å²) >= 11 is 1.58. The summed E-state index contributed by atoms with van der Waals surface area (Å²) in [6, 6.07) is 8.27. The molecular formula is C22H31N5OS. The number of fused-ring (bicyclic) bond motifs is 1. The zero-order chi connectivity index (χ0) is 21.0. The lowest BCUT2D eigenvalue weighted by Gasteiger charge is -2.24. The molecule has 0 aliphatic rings. The summed E-state index contributed by atoms with van der Waals surface area (Å²) in [6.45, 7) is 13.8. The lowest BCUT2D eigenvalue weighted by molar-refractivity contribution is 0.0978. The van der Waals surface area contributed by atoms with Crippen LogP contribution in [0.1, 0.15) is 56.7 Å². The number of aromatic nitrogens is 3. The number of likely N-dealkylation sites (N-methyl/N-ethyl adjacent to an activating group) is 1. The number of hydrogen-bond donors (Lipinski definition) is 0. The lowest BCUT2D eigenvalue weighted by Crippen LogP contribution is -2.39. The van der Waals surface area contributed by atoms with Crippen LogP contribution in [0.4, 0.5) is 5.13 Å². The lowest BCUT2D eigenvalue weighted by atomic mass is 10.1. The molecule has 0 radical (unpaired) electrons. The standard InChI is InChI=1S/C22H31N5OS/c1-6-17-10-9-11-19-20(17)23-22(29-19)26(15-14-25(7-2)8-3)21(28)18-12-13-27(24-18)16(4)5/h9-13,16H,6-8,14-15H2,1-5H3. The van der Waals surface area contributed by atoms with E-state index in [1.54, 1.807) is 22.3 Å². The molecule has 29 heavy (non-hydrogen) atoms. The van der Waals surface area contributed by atoms with Crippen LogP contribution in [0.3, 0.4) is 0 Å². The number of carbonyl (C=O) groups excluding carboxylic acids is 1. The number of para-hydroxylation sites is 1. The Morgan fingerprint density at radius 1 is 1.14 bits per heavy atom. The maximum atomic E-state index is 13.4. The molecule has 0 spiro atoms. The number of benzene rings is 1. The Bertz CT molecular complexity index is 957. The highest BCUT2D eigenvalue weighted by Gasteiger charge is 2.24. The first kappa shape index (κ1) is 21.5. The van der Waals surface area contributed by atoms with Crippen LogP contribution in [-0.2, 0) is 6.42 Å². The molecule has 0 aliphatic carbocycles. The minimum atomic E-state index is -0.0892. The van der Waals surface area contributed by atoms with Crippen molar-refractivity contribution in [3.05, 3.63) is 41.7 Å². The van der Waals surface area contributed by atoms with Crippen molar-refractivity contribution >= 4 is 32.6 Å². The number of rotatable bonds is 9. The molecule has 2 heterocycles. The summed E-state index contributed by atoms with van der Waals surface area (Å²) in [5.41, 5.74) is 2.68. The van der Waals surface area contributed by atoms with Crippen molar-refractivity contribution in [1.29, 1.82) is 0 Å². The highest BCUT2D eigenvalue weighted by molar-refractivity contribution is 7.22. The van der Waals surface area contributed by atoms with Crippen LogP contribution in [0, 0.1) is 0 Å². The van der Waals surface area contributed by atoms with Crippen LogP contribution in [0.15, 0.2) is 30.5 Å². The second-order valence-corrected chi connectivity index (χ2v) is 8.38. The number of aryl methyl sites for hydroxylation is 1. The van der Waals surface area contributed by atoms with Gasteiger partial charge in [-0.3, -0.25) is 14.4 Å². The van der Waals surface area contributed by atoms with Gasteiger partial charge in [-0.2, -0.15) is 5.10 Å². The Morgan fingerprint density at radius 3 is 2.52 bits per heavy atom. The van der Waals surface area contributed by atoms with Gasteiger partial charge in [-0.25, -0.2) is 4.98 Å². The van der Waals surface area contributed by atoms with Crippen molar-refractivity contribution < 1.29 is 4.79 Å². The van der Waals surface area contributed by atoms with Crippen molar-refractivity contribution in [1.82, 2.24) is 19.7 Å². The summed E-state index contributed by atoms with van der Waals surface area (Å²) < 4.78 is 2.94. The molecule has 6 nitrogen and oxygen atoms in total. The maximum absolute atomic E-state index is 13.4. The summed E-state index contributed by atoms with van der Waals surface area (Å²) in [5, 5.41) is 5.25. The third-order valence-corrected chi connectivity index (χ3v) is 6.28. The predicted molar refractivity (Wildman–Crippen MR) is 121 cm³/mol. The fourth-order valence-electron chi connectivity index (χ4n) is 3.34. The molecule has 0 saturated heterocycles. The molecule has 1 amide bonds. The van der Waals surface area contributed by atoms with Crippen molar-refractivity contribution in [3.8, 4) is 0 Å². The van der Waals surface area contributed by atoms with Gasteiger partial charge in [-0.1, -0.05) is 44.2 Å². The number of hydrogen-bond acceptors (Lipinski definition) is 5. The van der Waals surface area contributed by atoms with Gasteiger partial charge in [-0.15, -0.1) is 0 Å². The van der Waals surface area contributed by atoms with Crippen LogP contribution in [-0.4, -0.2) is 51.8 Å². The fourth-order valence-corrected chi connectivity index (χ4v) is 4.38. The molecule has 7 heteroatoms. The first-order valence-corrected chi connectivity index (χ1v) is 11.3. The van der Waals surface area contributed by atoms with Gasteiger partial charge in [0.25, 0.3) is 5.91 Å². The van der Waals surface area contributed by atoms with Gasteiger partial charge in [0.1, 0.15) is 0 Å². The van der Waals surface area contributed by atoms with Gasteiger partial charge in [0.05, 0.1) is 10.2 Å². The third-order valence-electron chi connectivity index (χ3n) is 5.24. The van der Waals surface area contributed by atoms with Crippen molar-refractivity contribution in [2.45, 2.75) is 47.1 Å². The van der Waals surface area contributed by atoms with Gasteiger partial charge in [0, 0.05) is 25.3 Å². The molecule has 0 unspecified atom stereocenters. The molecule has 1 aromatic carbocycles. The largest absolute Gasteiger partial charge is 0.302 e. The highest BCUT2D eigenvalue weighted by atomic mass is 32.1. The van der Waals surface area contributed by atoms with Gasteiger partial charge < -0.3 is 4.90 Å². The molecule has 3 aromatic rings. The van der Waals surface area contributed by atoms with E-state index in [4.69, 9.17) is 4.98 Å². The maximum Gasteiger partial charge on any atom is 0.280 e. The number of nitrogens with zero attached hydrogens (tertiary/aromatic N) is 5. The predicted octanol–water partition coefficient (Wildman–Crippen LogP) is 4.62. The summed E-state index contributed by atoms with van der Waals surface area (Å²) in [7, 11) is 0. The molecule has 3 rings (SSSR count). The molecular weight excluding hydrogens is 382 g/mol. The van der Waals surface area contributed by atoms with Gasteiger partial charge >= 0.3 is 0 Å². The quantitative estimate of drug-likeness (QED) is 0.513. The summed E-state index contributed by atoms with van der Waals surface area (Å²) in [6.07, 6.45) is 2.79. The van der Waals surface area contributed by atoms with E-state index in [0.29, 0.717) is 12.2 Å². The topological polar surface area (TPSA) is 54.3 Å². The SMILES string of the molecule is CCc1cccc2sc(N(CCN(CC)CC)C(=O)c3ccn(C(C)C)n3)nc12. The molecule has 0 atom stereocenters. The van der Waals surface area contributed by atoms with Crippen LogP contribution >= 0.6 is 11.3 Å². The van der Waals surface area contributed by atoms with Crippen molar-refractivity contribution in [2.24, 2.45) is 0 Å². The monoisotopic (exact) mass is 413 g/mol. The molecule has 0 fully saturated rings. The Labute approximate surface area is 177 Å². The van der Waals surface area contributed by atoms with Gasteiger partial charge in [0.15, 0.2) is 10.8 Å². The van der Waals surface area contributed by atoms with E-state index in [2.05, 4.69) is 62.8 Å². The Kier molecular flexibility index (Phi) is 7.03. The average molecular weight is 414 g/mol. The number of carbonyl (C=O) groups is 1. The van der Waals surface area contributed by atoms with Crippen LogP contribution in [0.5, 0.6) is 0 Å². The second-order valence-electron chi connectivity index (χ2n) is 7.37. The number of thiazole rings is 1. The fraction of sp³-hybridized carbons (Fsp3) is 0.500. The van der Waals surface area contributed by atoms with Crippen LogP contribution < -0.4 is 4.90 Å². The second kappa shape index (κ2) is 9.50. The van der Waals surface area contributed by atoms with Crippen LogP contribution in [0.25, 0.3) is 10.2 Å². The van der Waals surface area contributed by atoms with E-state index < -0.39 is 0 Å². The number of amides is 1. The minimum absolute atomic E-state index is 0.0892. The first-order chi connectivity index (χ1) is 14.0.